The Labute approximate surface area is 120 Å². The summed E-state index contributed by atoms with van der Waals surface area (Å²) in [7, 11) is 0. The average molecular weight is 290 g/mol. The maximum absolute atomic E-state index is 11.0. The van der Waals surface area contributed by atoms with E-state index < -0.39 is 4.92 Å². The lowest BCUT2D eigenvalue weighted by molar-refractivity contribution is -0.386. The van der Waals surface area contributed by atoms with Gasteiger partial charge in [0.2, 0.25) is 0 Å². The van der Waals surface area contributed by atoms with Crippen LogP contribution in [0, 0.1) is 10.1 Å². The average Bonchev–Trinajstić information content (AvgIpc) is 2.49. The summed E-state index contributed by atoms with van der Waals surface area (Å²) in [5.74, 6) is 6.45. The number of benzene rings is 1. The number of aromatic nitrogens is 1. The fourth-order valence-electron chi connectivity index (χ4n) is 1.61. The molecule has 1 aromatic heterocycles. The minimum atomic E-state index is -0.572. The van der Waals surface area contributed by atoms with Crippen LogP contribution < -0.4 is 20.7 Å². The summed E-state index contributed by atoms with van der Waals surface area (Å²) in [6, 6.07) is 9.35. The molecule has 0 bridgehead atoms. The van der Waals surface area contributed by atoms with Gasteiger partial charge in [0, 0.05) is 6.07 Å². The van der Waals surface area contributed by atoms with E-state index in [0.717, 1.165) is 0 Å². The summed E-state index contributed by atoms with van der Waals surface area (Å²) in [4.78, 5) is 14.3. The number of pyridine rings is 1. The van der Waals surface area contributed by atoms with E-state index >= 15 is 0 Å². The van der Waals surface area contributed by atoms with Crippen molar-refractivity contribution in [3.8, 4) is 17.4 Å². The second-order valence-corrected chi connectivity index (χ2v) is 3.93. The molecule has 8 nitrogen and oxygen atoms in total. The number of nitrogens with one attached hydrogen (secondary N) is 1. The van der Waals surface area contributed by atoms with Gasteiger partial charge in [0.1, 0.15) is 17.3 Å². The summed E-state index contributed by atoms with van der Waals surface area (Å²) < 4.78 is 10.7. The van der Waals surface area contributed by atoms with E-state index in [-0.39, 0.29) is 17.4 Å². The van der Waals surface area contributed by atoms with Crippen LogP contribution in [0.25, 0.3) is 0 Å². The first-order valence-electron chi connectivity index (χ1n) is 6.16. The third-order valence-electron chi connectivity index (χ3n) is 2.53. The number of hydrogen-bond acceptors (Lipinski definition) is 7. The third-order valence-corrected chi connectivity index (χ3v) is 2.53. The third kappa shape index (κ3) is 3.57. The smallest absolute Gasteiger partial charge is 0.331 e. The van der Waals surface area contributed by atoms with E-state index in [0.29, 0.717) is 18.1 Å². The lowest BCUT2D eigenvalue weighted by Crippen LogP contribution is -2.09. The van der Waals surface area contributed by atoms with Gasteiger partial charge in [-0.25, -0.2) is 5.84 Å². The molecule has 0 spiro atoms. The maximum atomic E-state index is 11.0. The van der Waals surface area contributed by atoms with Crippen molar-refractivity contribution in [1.82, 2.24) is 4.98 Å². The van der Waals surface area contributed by atoms with Gasteiger partial charge in [0.25, 0.3) is 0 Å². The van der Waals surface area contributed by atoms with E-state index in [1.165, 1.54) is 12.1 Å². The summed E-state index contributed by atoms with van der Waals surface area (Å²) in [6.45, 7) is 2.43. The first kappa shape index (κ1) is 14.5. The van der Waals surface area contributed by atoms with Gasteiger partial charge in [0.15, 0.2) is 0 Å². The molecule has 1 heterocycles. The van der Waals surface area contributed by atoms with E-state index in [1.54, 1.807) is 24.3 Å². The van der Waals surface area contributed by atoms with Gasteiger partial charge in [-0.15, -0.1) is 0 Å². The van der Waals surface area contributed by atoms with Crippen LogP contribution in [0.2, 0.25) is 0 Å². The van der Waals surface area contributed by atoms with Gasteiger partial charge < -0.3 is 14.9 Å². The molecule has 0 aliphatic heterocycles. The lowest BCUT2D eigenvalue weighted by Gasteiger charge is -2.08. The van der Waals surface area contributed by atoms with Crippen molar-refractivity contribution in [2.45, 2.75) is 6.92 Å². The van der Waals surface area contributed by atoms with Gasteiger partial charge in [0.05, 0.1) is 11.5 Å². The molecule has 2 aromatic rings. The first-order valence-corrected chi connectivity index (χ1v) is 6.16. The van der Waals surface area contributed by atoms with Gasteiger partial charge in [-0.2, -0.15) is 4.98 Å². The molecule has 0 saturated heterocycles. The van der Waals surface area contributed by atoms with E-state index in [1.807, 2.05) is 6.92 Å². The molecule has 0 unspecified atom stereocenters. The number of anilines is 1. The van der Waals surface area contributed by atoms with Crippen molar-refractivity contribution in [2.75, 3.05) is 12.0 Å². The molecule has 8 heteroatoms. The summed E-state index contributed by atoms with van der Waals surface area (Å²) in [6.07, 6.45) is 0. The van der Waals surface area contributed by atoms with E-state index in [9.17, 15) is 10.1 Å². The van der Waals surface area contributed by atoms with Crippen molar-refractivity contribution < 1.29 is 14.4 Å². The van der Waals surface area contributed by atoms with Crippen molar-refractivity contribution in [2.24, 2.45) is 5.84 Å². The predicted molar refractivity (Wildman–Crippen MR) is 76.4 cm³/mol. The second kappa shape index (κ2) is 6.53. The molecule has 0 aliphatic rings. The zero-order chi connectivity index (χ0) is 15.2. The Balaban J connectivity index is 2.26. The number of nitrogens with zero attached hydrogens (tertiary/aromatic N) is 2. The van der Waals surface area contributed by atoms with Crippen molar-refractivity contribution in [3.63, 3.8) is 0 Å². The molecule has 0 amide bonds. The van der Waals surface area contributed by atoms with E-state index in [4.69, 9.17) is 15.3 Å². The quantitative estimate of drug-likeness (QED) is 0.477. The van der Waals surface area contributed by atoms with Crippen LogP contribution >= 0.6 is 0 Å². The zero-order valence-corrected chi connectivity index (χ0v) is 11.3. The number of nitrogens with two attached hydrogens (primary N) is 1. The molecular weight excluding hydrogens is 276 g/mol. The Morgan fingerprint density at radius 2 is 1.90 bits per heavy atom. The largest absolute Gasteiger partial charge is 0.494 e. The van der Waals surface area contributed by atoms with Crippen molar-refractivity contribution in [3.05, 3.63) is 46.5 Å². The minimum Gasteiger partial charge on any atom is -0.494 e. The lowest BCUT2D eigenvalue weighted by atomic mass is 10.3. The van der Waals surface area contributed by atoms with Crippen LogP contribution in [-0.4, -0.2) is 16.5 Å². The van der Waals surface area contributed by atoms with Gasteiger partial charge in [-0.3, -0.25) is 10.1 Å². The van der Waals surface area contributed by atoms with Crippen LogP contribution in [0.4, 0.5) is 11.5 Å². The Morgan fingerprint density at radius 1 is 1.24 bits per heavy atom. The van der Waals surface area contributed by atoms with Gasteiger partial charge in [-0.05, 0) is 37.3 Å². The van der Waals surface area contributed by atoms with Crippen molar-refractivity contribution in [1.29, 1.82) is 0 Å². The van der Waals surface area contributed by atoms with Crippen LogP contribution in [0.5, 0.6) is 17.4 Å². The molecule has 21 heavy (non-hydrogen) atoms. The number of hydrazine groups is 1. The summed E-state index contributed by atoms with van der Waals surface area (Å²) >= 11 is 0. The number of ether oxygens (including phenoxy) is 2. The Morgan fingerprint density at radius 3 is 2.48 bits per heavy atom. The first-order chi connectivity index (χ1) is 10.1. The molecule has 0 aliphatic carbocycles. The van der Waals surface area contributed by atoms with Crippen LogP contribution in [0.3, 0.4) is 0 Å². The molecule has 0 saturated carbocycles. The Hall–Kier alpha value is -2.87. The highest BCUT2D eigenvalue weighted by molar-refractivity contribution is 5.50. The highest BCUT2D eigenvalue weighted by Gasteiger charge is 2.18. The molecule has 2 rings (SSSR count). The highest BCUT2D eigenvalue weighted by Crippen LogP contribution is 2.31. The topological polar surface area (TPSA) is 113 Å². The van der Waals surface area contributed by atoms with Gasteiger partial charge in [-0.1, -0.05) is 0 Å². The van der Waals surface area contributed by atoms with Crippen LogP contribution in [-0.2, 0) is 0 Å². The van der Waals surface area contributed by atoms with Crippen LogP contribution in [0.1, 0.15) is 6.92 Å². The standard InChI is InChI=1S/C13H14N4O4/c1-2-20-9-3-5-10(6-4-9)21-13-11(17(18)19)7-8-12(15-13)16-14/h3-8H,2,14H2,1H3,(H,15,16). The maximum Gasteiger partial charge on any atom is 0.331 e. The monoisotopic (exact) mass is 290 g/mol. The Kier molecular flexibility index (Phi) is 4.52. The Bertz CT molecular complexity index is 631. The molecule has 1 aromatic carbocycles. The number of nitro groups is 1. The normalized spacial score (nSPS) is 10.0. The van der Waals surface area contributed by atoms with Gasteiger partial charge >= 0.3 is 11.6 Å². The molecular formula is C13H14N4O4. The zero-order valence-electron chi connectivity index (χ0n) is 11.3. The molecule has 0 fully saturated rings. The fourth-order valence-corrected chi connectivity index (χ4v) is 1.61. The summed E-state index contributed by atoms with van der Waals surface area (Å²) in [5, 5.41) is 11.0. The molecule has 110 valence electrons. The highest BCUT2D eigenvalue weighted by atomic mass is 16.6. The minimum absolute atomic E-state index is 0.139. The number of nitrogen functional groups attached to an aromatic ring is 1. The molecule has 0 atom stereocenters. The van der Waals surface area contributed by atoms with E-state index in [2.05, 4.69) is 10.4 Å². The number of hydrogen-bond donors (Lipinski definition) is 2. The SMILES string of the molecule is CCOc1ccc(Oc2nc(NN)ccc2[N+](=O)[O-])cc1. The fraction of sp³-hybridized carbons (Fsp3) is 0.154. The van der Waals surface area contributed by atoms with Crippen LogP contribution in [0.15, 0.2) is 36.4 Å². The summed E-state index contributed by atoms with van der Waals surface area (Å²) in [5.41, 5.74) is 2.06. The molecule has 3 N–H and O–H groups in total. The second-order valence-electron chi connectivity index (χ2n) is 3.93. The predicted octanol–water partition coefficient (Wildman–Crippen LogP) is 2.47. The number of rotatable bonds is 6. The van der Waals surface area contributed by atoms with Crippen molar-refractivity contribution >= 4 is 11.5 Å². The molecule has 0 radical (unpaired) electrons.